The van der Waals surface area contributed by atoms with E-state index in [9.17, 15) is 14.0 Å². The highest BCUT2D eigenvalue weighted by Gasteiger charge is 2.57. The van der Waals surface area contributed by atoms with E-state index in [2.05, 4.69) is 5.32 Å². The molecule has 0 bridgehead atoms. The quantitative estimate of drug-likeness (QED) is 0.746. The third-order valence-corrected chi connectivity index (χ3v) is 6.04. The molecule has 2 aliphatic heterocycles. The fraction of sp³-hybridized carbons (Fsp3) is 0.440. The van der Waals surface area contributed by atoms with E-state index in [0.717, 1.165) is 5.56 Å². The molecule has 2 aromatic carbocycles. The number of nitrogens with one attached hydrogen (secondary N) is 1. The van der Waals surface area contributed by atoms with Crippen molar-refractivity contribution in [3.05, 3.63) is 65.5 Å². The van der Waals surface area contributed by atoms with Crippen molar-refractivity contribution < 1.29 is 23.5 Å². The SMILES string of the molecule is CC(C)(C)OC(=O)N1[C@@H](c2cccc(OCc3ccccc3F)c2)CC[C@]12CCNC2=O. The fourth-order valence-corrected chi connectivity index (χ4v) is 4.57. The molecule has 0 unspecified atom stereocenters. The lowest BCUT2D eigenvalue weighted by Crippen LogP contribution is -2.54. The molecule has 7 heteroatoms. The zero-order valence-electron chi connectivity index (χ0n) is 18.7. The van der Waals surface area contributed by atoms with Gasteiger partial charge in [0.2, 0.25) is 5.91 Å². The average molecular weight is 441 g/mol. The Kier molecular flexibility index (Phi) is 5.84. The zero-order valence-corrected chi connectivity index (χ0v) is 18.7. The number of hydrogen-bond donors (Lipinski definition) is 1. The second kappa shape index (κ2) is 8.45. The van der Waals surface area contributed by atoms with Crippen molar-refractivity contribution in [1.29, 1.82) is 0 Å². The summed E-state index contributed by atoms with van der Waals surface area (Å²) in [4.78, 5) is 27.7. The van der Waals surface area contributed by atoms with E-state index in [1.54, 1.807) is 29.2 Å². The summed E-state index contributed by atoms with van der Waals surface area (Å²) in [7, 11) is 0. The molecule has 0 radical (unpaired) electrons. The monoisotopic (exact) mass is 440 g/mol. The summed E-state index contributed by atoms with van der Waals surface area (Å²) >= 11 is 0. The van der Waals surface area contributed by atoms with Crippen LogP contribution in [-0.2, 0) is 16.1 Å². The van der Waals surface area contributed by atoms with E-state index >= 15 is 0 Å². The highest BCUT2D eigenvalue weighted by atomic mass is 19.1. The number of carbonyl (C=O) groups is 2. The van der Waals surface area contributed by atoms with Crippen LogP contribution in [0.2, 0.25) is 0 Å². The predicted molar refractivity (Wildman–Crippen MR) is 118 cm³/mol. The van der Waals surface area contributed by atoms with Crippen molar-refractivity contribution in [3.8, 4) is 5.75 Å². The molecule has 2 amide bonds. The molecule has 6 nitrogen and oxygen atoms in total. The molecule has 1 N–H and O–H groups in total. The van der Waals surface area contributed by atoms with Gasteiger partial charge in [-0.15, -0.1) is 0 Å². The molecule has 1 spiro atoms. The summed E-state index contributed by atoms with van der Waals surface area (Å²) in [5.74, 6) is 0.134. The van der Waals surface area contributed by atoms with Gasteiger partial charge in [0.1, 0.15) is 29.3 Å². The maximum atomic E-state index is 13.9. The molecular formula is C25H29FN2O4. The number of likely N-dealkylation sites (tertiary alicyclic amines) is 1. The minimum absolute atomic E-state index is 0.100. The number of nitrogens with zero attached hydrogens (tertiary/aromatic N) is 1. The van der Waals surface area contributed by atoms with Crippen LogP contribution < -0.4 is 10.1 Å². The highest BCUT2D eigenvalue weighted by Crippen LogP contribution is 2.47. The highest BCUT2D eigenvalue weighted by molar-refractivity contribution is 5.92. The molecular weight excluding hydrogens is 411 g/mol. The van der Waals surface area contributed by atoms with E-state index in [0.29, 0.717) is 37.1 Å². The van der Waals surface area contributed by atoms with Crippen molar-refractivity contribution in [2.75, 3.05) is 6.54 Å². The zero-order chi connectivity index (χ0) is 22.9. The van der Waals surface area contributed by atoms with E-state index in [1.807, 2.05) is 39.0 Å². The summed E-state index contributed by atoms with van der Waals surface area (Å²) in [6, 6.07) is 13.6. The molecule has 4 rings (SSSR count). The lowest BCUT2D eigenvalue weighted by molar-refractivity contribution is -0.129. The van der Waals surface area contributed by atoms with Gasteiger partial charge in [0, 0.05) is 12.1 Å². The van der Waals surface area contributed by atoms with Crippen LogP contribution in [0.3, 0.4) is 0 Å². The molecule has 2 atom stereocenters. The van der Waals surface area contributed by atoms with Crippen LogP contribution >= 0.6 is 0 Å². The van der Waals surface area contributed by atoms with Crippen LogP contribution in [0, 0.1) is 5.82 Å². The average Bonchev–Trinajstić information content (AvgIpc) is 3.30. The van der Waals surface area contributed by atoms with Gasteiger partial charge in [-0.3, -0.25) is 9.69 Å². The normalized spacial score (nSPS) is 22.8. The van der Waals surface area contributed by atoms with Crippen LogP contribution in [0.5, 0.6) is 5.75 Å². The number of rotatable bonds is 4. The van der Waals surface area contributed by atoms with Gasteiger partial charge in [-0.1, -0.05) is 30.3 Å². The molecule has 2 heterocycles. The first-order valence-corrected chi connectivity index (χ1v) is 11.0. The van der Waals surface area contributed by atoms with Crippen LogP contribution in [0.4, 0.5) is 9.18 Å². The van der Waals surface area contributed by atoms with Crippen LogP contribution in [0.15, 0.2) is 48.5 Å². The Labute approximate surface area is 187 Å². The number of benzene rings is 2. The van der Waals surface area contributed by atoms with Crippen molar-refractivity contribution in [3.63, 3.8) is 0 Å². The van der Waals surface area contributed by atoms with Gasteiger partial charge in [-0.2, -0.15) is 0 Å². The maximum Gasteiger partial charge on any atom is 0.411 e. The van der Waals surface area contributed by atoms with Crippen LogP contribution in [0.25, 0.3) is 0 Å². The third-order valence-electron chi connectivity index (χ3n) is 6.04. The topological polar surface area (TPSA) is 67.9 Å². The minimum Gasteiger partial charge on any atom is -0.489 e. The number of amides is 2. The van der Waals surface area contributed by atoms with Gasteiger partial charge >= 0.3 is 6.09 Å². The Morgan fingerprint density at radius 2 is 1.97 bits per heavy atom. The van der Waals surface area contributed by atoms with Crippen molar-refractivity contribution in [2.45, 2.75) is 63.8 Å². The first-order chi connectivity index (χ1) is 15.2. The molecule has 2 fully saturated rings. The lowest BCUT2D eigenvalue weighted by Gasteiger charge is -2.37. The van der Waals surface area contributed by atoms with Gasteiger partial charge in [-0.05, 0) is 63.8 Å². The number of hydrogen-bond acceptors (Lipinski definition) is 4. The van der Waals surface area contributed by atoms with Gasteiger partial charge in [0.05, 0.1) is 6.04 Å². The Hall–Kier alpha value is -3.09. The summed E-state index contributed by atoms with van der Waals surface area (Å²) in [6.45, 7) is 6.08. The van der Waals surface area contributed by atoms with Gasteiger partial charge < -0.3 is 14.8 Å². The molecule has 0 saturated carbocycles. The first kappa shape index (κ1) is 22.1. The maximum absolute atomic E-state index is 13.9. The third kappa shape index (κ3) is 4.29. The summed E-state index contributed by atoms with van der Waals surface area (Å²) in [5.41, 5.74) is -0.239. The predicted octanol–water partition coefficient (Wildman–Crippen LogP) is 4.74. The number of ether oxygens (including phenoxy) is 2. The van der Waals surface area contributed by atoms with Crippen molar-refractivity contribution in [1.82, 2.24) is 10.2 Å². The molecule has 2 aliphatic rings. The standard InChI is InChI=1S/C25H29FN2O4/c1-24(2,3)32-23(30)28-21(11-12-25(28)13-14-27-22(25)29)17-8-6-9-19(15-17)31-16-18-7-4-5-10-20(18)26/h4-10,15,21H,11-14,16H2,1-3H3,(H,27,29)/t21-,25-/m1/s1. The molecule has 2 aromatic rings. The second-order valence-electron chi connectivity index (χ2n) is 9.39. The number of carbonyl (C=O) groups excluding carboxylic acids is 2. The van der Waals surface area contributed by atoms with E-state index < -0.39 is 17.2 Å². The minimum atomic E-state index is -0.892. The number of halogens is 1. The largest absolute Gasteiger partial charge is 0.489 e. The van der Waals surface area contributed by atoms with E-state index in [4.69, 9.17) is 9.47 Å². The Balaban J connectivity index is 1.60. The molecule has 32 heavy (non-hydrogen) atoms. The second-order valence-corrected chi connectivity index (χ2v) is 9.39. The first-order valence-electron chi connectivity index (χ1n) is 11.0. The molecule has 2 saturated heterocycles. The Morgan fingerprint density at radius 1 is 1.19 bits per heavy atom. The summed E-state index contributed by atoms with van der Waals surface area (Å²) < 4.78 is 25.4. The Bertz CT molecular complexity index is 1020. The van der Waals surface area contributed by atoms with E-state index in [-0.39, 0.29) is 24.4 Å². The van der Waals surface area contributed by atoms with Gasteiger partial charge in [0.25, 0.3) is 0 Å². The molecule has 0 aromatic heterocycles. The van der Waals surface area contributed by atoms with Gasteiger partial charge in [-0.25, -0.2) is 9.18 Å². The molecule has 0 aliphatic carbocycles. The van der Waals surface area contributed by atoms with Crippen LogP contribution in [0.1, 0.15) is 57.2 Å². The van der Waals surface area contributed by atoms with Crippen molar-refractivity contribution in [2.24, 2.45) is 0 Å². The van der Waals surface area contributed by atoms with E-state index in [1.165, 1.54) is 6.07 Å². The smallest absolute Gasteiger partial charge is 0.411 e. The fourth-order valence-electron chi connectivity index (χ4n) is 4.57. The van der Waals surface area contributed by atoms with Crippen LogP contribution in [-0.4, -0.2) is 34.6 Å². The summed E-state index contributed by atoms with van der Waals surface area (Å²) in [6.07, 6.45) is 1.28. The lowest BCUT2D eigenvalue weighted by atomic mass is 9.94. The van der Waals surface area contributed by atoms with Crippen molar-refractivity contribution >= 4 is 12.0 Å². The van der Waals surface area contributed by atoms with Gasteiger partial charge in [0.15, 0.2) is 0 Å². The summed E-state index contributed by atoms with van der Waals surface area (Å²) in [5, 5.41) is 2.88. The molecule has 170 valence electrons. The Morgan fingerprint density at radius 3 is 2.66 bits per heavy atom.